The summed E-state index contributed by atoms with van der Waals surface area (Å²) < 4.78 is 4.93. The molecule has 0 radical (unpaired) electrons. The molecule has 2 amide bonds. The lowest BCUT2D eigenvalue weighted by atomic mass is 10.1. The van der Waals surface area contributed by atoms with Crippen LogP contribution in [0.25, 0.3) is 6.08 Å². The molecule has 5 nitrogen and oxygen atoms in total. The molecule has 1 aromatic heterocycles. The van der Waals surface area contributed by atoms with E-state index >= 15 is 0 Å². The number of carbonyl (C=O) groups excluding carboxylic acids is 2. The average Bonchev–Trinajstić information content (AvgIpc) is 3.14. The minimum absolute atomic E-state index is 0.0158. The number of carbonyl (C=O) groups is 2. The Balaban J connectivity index is 1.72. The van der Waals surface area contributed by atoms with E-state index in [1.54, 1.807) is 36.5 Å². The highest BCUT2D eigenvalue weighted by Gasteiger charge is 2.22. The number of amides is 2. The number of fused-ring (bicyclic) bond motifs is 1. The zero-order valence-electron chi connectivity index (χ0n) is 12.2. The third kappa shape index (κ3) is 2.93. The first kappa shape index (κ1) is 14.1. The number of nitrogens with one attached hydrogen (secondary N) is 1. The molecule has 1 aliphatic heterocycles. The Morgan fingerprint density at radius 2 is 2.18 bits per heavy atom. The van der Waals surface area contributed by atoms with Crippen molar-refractivity contribution in [2.45, 2.75) is 13.3 Å². The number of hydrogen-bond donors (Lipinski definition) is 1. The van der Waals surface area contributed by atoms with Crippen LogP contribution in [-0.2, 0) is 16.0 Å². The Kier molecular flexibility index (Phi) is 3.78. The lowest BCUT2D eigenvalue weighted by molar-refractivity contribution is -0.116. The molecular formula is C17H16N2O3. The molecule has 3 rings (SSSR count). The van der Waals surface area contributed by atoms with Crippen LogP contribution in [0.15, 0.2) is 47.3 Å². The number of anilines is 2. The molecule has 2 heterocycles. The van der Waals surface area contributed by atoms with Crippen molar-refractivity contribution in [1.82, 2.24) is 0 Å². The van der Waals surface area contributed by atoms with E-state index in [1.165, 1.54) is 6.08 Å². The van der Waals surface area contributed by atoms with Crippen LogP contribution in [0.5, 0.6) is 0 Å². The standard InChI is InChI=1S/C17H16N2O3/c1-12(20)19-8-6-14-3-4-15(10-16(14)19)18-17(21)5-2-13-7-9-22-11-13/h2-5,7,9-11H,6,8H2,1H3,(H,18,21)/b5-2+. The van der Waals surface area contributed by atoms with Gasteiger partial charge in [0.05, 0.1) is 12.5 Å². The van der Waals surface area contributed by atoms with E-state index < -0.39 is 0 Å². The Labute approximate surface area is 128 Å². The molecule has 1 N–H and O–H groups in total. The number of nitrogens with zero attached hydrogens (tertiary/aromatic N) is 1. The quantitative estimate of drug-likeness (QED) is 0.886. The van der Waals surface area contributed by atoms with Crippen LogP contribution < -0.4 is 10.2 Å². The SMILES string of the molecule is CC(=O)N1CCc2ccc(NC(=O)/C=C/c3ccoc3)cc21. The number of benzene rings is 1. The molecule has 1 aromatic carbocycles. The Morgan fingerprint density at radius 1 is 1.32 bits per heavy atom. The molecule has 0 unspecified atom stereocenters. The van der Waals surface area contributed by atoms with Gasteiger partial charge in [0.15, 0.2) is 0 Å². The molecule has 0 spiro atoms. The monoisotopic (exact) mass is 296 g/mol. The van der Waals surface area contributed by atoms with E-state index in [0.717, 1.165) is 23.2 Å². The molecule has 2 aromatic rings. The van der Waals surface area contributed by atoms with Crippen molar-refractivity contribution in [2.24, 2.45) is 0 Å². The van der Waals surface area contributed by atoms with Gasteiger partial charge in [-0.3, -0.25) is 9.59 Å². The maximum atomic E-state index is 11.9. The lowest BCUT2D eigenvalue weighted by Gasteiger charge is -2.15. The molecule has 0 saturated carbocycles. The lowest BCUT2D eigenvalue weighted by Crippen LogP contribution is -2.25. The number of hydrogen-bond acceptors (Lipinski definition) is 3. The molecule has 5 heteroatoms. The van der Waals surface area contributed by atoms with Gasteiger partial charge in [0.1, 0.15) is 0 Å². The summed E-state index contributed by atoms with van der Waals surface area (Å²) in [5.41, 5.74) is 3.51. The first-order valence-corrected chi connectivity index (χ1v) is 7.06. The van der Waals surface area contributed by atoms with E-state index in [2.05, 4.69) is 5.32 Å². The third-order valence-corrected chi connectivity index (χ3v) is 3.60. The zero-order chi connectivity index (χ0) is 15.5. The maximum absolute atomic E-state index is 11.9. The summed E-state index contributed by atoms with van der Waals surface area (Å²) in [7, 11) is 0. The smallest absolute Gasteiger partial charge is 0.248 e. The fourth-order valence-electron chi connectivity index (χ4n) is 2.51. The summed E-state index contributed by atoms with van der Waals surface area (Å²) in [6.45, 7) is 2.25. The van der Waals surface area contributed by atoms with Crippen molar-refractivity contribution in [3.05, 3.63) is 54.0 Å². The van der Waals surface area contributed by atoms with E-state index in [0.29, 0.717) is 12.2 Å². The van der Waals surface area contributed by atoms with Crippen molar-refractivity contribution >= 4 is 29.3 Å². The van der Waals surface area contributed by atoms with Crippen molar-refractivity contribution in [2.75, 3.05) is 16.8 Å². The van der Waals surface area contributed by atoms with Gasteiger partial charge in [-0.2, -0.15) is 0 Å². The van der Waals surface area contributed by atoms with Crippen molar-refractivity contribution in [1.29, 1.82) is 0 Å². The normalized spacial score (nSPS) is 13.4. The summed E-state index contributed by atoms with van der Waals surface area (Å²) in [6.07, 6.45) is 7.08. The summed E-state index contributed by atoms with van der Waals surface area (Å²) in [4.78, 5) is 25.2. The van der Waals surface area contributed by atoms with Crippen LogP contribution in [0.4, 0.5) is 11.4 Å². The highest BCUT2D eigenvalue weighted by molar-refractivity contribution is 6.03. The zero-order valence-corrected chi connectivity index (χ0v) is 12.2. The summed E-state index contributed by atoms with van der Waals surface area (Å²) in [6, 6.07) is 7.41. The predicted octanol–water partition coefficient (Wildman–Crippen LogP) is 2.84. The van der Waals surface area contributed by atoms with Gasteiger partial charge in [-0.15, -0.1) is 0 Å². The van der Waals surface area contributed by atoms with Crippen molar-refractivity contribution in [3.8, 4) is 0 Å². The van der Waals surface area contributed by atoms with Gasteiger partial charge in [-0.25, -0.2) is 0 Å². The van der Waals surface area contributed by atoms with Crippen LogP contribution in [0.3, 0.4) is 0 Å². The van der Waals surface area contributed by atoms with Gasteiger partial charge in [0.2, 0.25) is 11.8 Å². The number of rotatable bonds is 3. The fraction of sp³-hybridized carbons (Fsp3) is 0.176. The van der Waals surface area contributed by atoms with Crippen LogP contribution in [-0.4, -0.2) is 18.4 Å². The Hall–Kier alpha value is -2.82. The highest BCUT2D eigenvalue weighted by atomic mass is 16.3. The summed E-state index contributed by atoms with van der Waals surface area (Å²) in [5.74, 6) is -0.212. The van der Waals surface area contributed by atoms with Crippen LogP contribution >= 0.6 is 0 Å². The molecule has 0 atom stereocenters. The molecular weight excluding hydrogens is 280 g/mol. The van der Waals surface area contributed by atoms with E-state index in [4.69, 9.17) is 4.42 Å². The van der Waals surface area contributed by atoms with Gasteiger partial charge in [0.25, 0.3) is 0 Å². The minimum Gasteiger partial charge on any atom is -0.472 e. The van der Waals surface area contributed by atoms with Crippen LogP contribution in [0, 0.1) is 0 Å². The van der Waals surface area contributed by atoms with E-state index in [9.17, 15) is 9.59 Å². The minimum atomic E-state index is -0.228. The second-order valence-electron chi connectivity index (χ2n) is 5.14. The van der Waals surface area contributed by atoms with Crippen molar-refractivity contribution in [3.63, 3.8) is 0 Å². The van der Waals surface area contributed by atoms with Gasteiger partial charge in [-0.1, -0.05) is 6.07 Å². The van der Waals surface area contributed by atoms with E-state index in [1.807, 2.05) is 18.2 Å². The fourth-order valence-corrected chi connectivity index (χ4v) is 2.51. The van der Waals surface area contributed by atoms with Gasteiger partial charge in [0, 0.05) is 36.5 Å². The van der Waals surface area contributed by atoms with Crippen LogP contribution in [0.1, 0.15) is 18.1 Å². The summed E-state index contributed by atoms with van der Waals surface area (Å²) >= 11 is 0. The molecule has 0 bridgehead atoms. The molecule has 0 saturated heterocycles. The first-order chi connectivity index (χ1) is 10.6. The third-order valence-electron chi connectivity index (χ3n) is 3.60. The second-order valence-corrected chi connectivity index (χ2v) is 5.14. The molecule has 0 aliphatic carbocycles. The maximum Gasteiger partial charge on any atom is 0.248 e. The molecule has 112 valence electrons. The van der Waals surface area contributed by atoms with Crippen LogP contribution in [0.2, 0.25) is 0 Å². The van der Waals surface area contributed by atoms with E-state index in [-0.39, 0.29) is 11.8 Å². The molecule has 22 heavy (non-hydrogen) atoms. The van der Waals surface area contributed by atoms with Gasteiger partial charge in [-0.05, 0) is 36.3 Å². The topological polar surface area (TPSA) is 62.6 Å². The van der Waals surface area contributed by atoms with Gasteiger partial charge < -0.3 is 14.6 Å². The predicted molar refractivity (Wildman–Crippen MR) is 84.5 cm³/mol. The highest BCUT2D eigenvalue weighted by Crippen LogP contribution is 2.30. The molecule has 1 aliphatic rings. The van der Waals surface area contributed by atoms with Crippen molar-refractivity contribution < 1.29 is 14.0 Å². The number of furan rings is 1. The molecule has 0 fully saturated rings. The average molecular weight is 296 g/mol. The Morgan fingerprint density at radius 3 is 2.91 bits per heavy atom. The van der Waals surface area contributed by atoms with Gasteiger partial charge >= 0.3 is 0 Å². The first-order valence-electron chi connectivity index (χ1n) is 7.06. The second kappa shape index (κ2) is 5.89. The summed E-state index contributed by atoms with van der Waals surface area (Å²) in [5, 5.41) is 2.80. The largest absolute Gasteiger partial charge is 0.472 e. The Bertz CT molecular complexity index is 732.